The topological polar surface area (TPSA) is 214 Å². The molecule has 5 N–H and O–H groups in total. The maximum atomic E-state index is 13.6. The molecule has 18 nitrogen and oxygen atoms in total. The fourth-order valence-electron chi connectivity index (χ4n) is 14.7. The number of ether oxygens (including phenoxy) is 3. The second kappa shape index (κ2) is 33.3. The number of rotatable bonds is 32. The van der Waals surface area contributed by atoms with Crippen molar-refractivity contribution in [1.82, 2.24) is 35.1 Å². The van der Waals surface area contributed by atoms with Crippen molar-refractivity contribution < 1.29 is 53.5 Å². The summed E-state index contributed by atoms with van der Waals surface area (Å²) in [5.74, 6) is 1.99. The van der Waals surface area contributed by atoms with Gasteiger partial charge < -0.3 is 45.1 Å². The lowest BCUT2D eigenvalue weighted by molar-refractivity contribution is -0.140. The van der Waals surface area contributed by atoms with Crippen LogP contribution in [-0.2, 0) is 33.4 Å². The molecule has 5 unspecified atom stereocenters. The lowest BCUT2D eigenvalue weighted by Crippen LogP contribution is -2.53. The minimum absolute atomic E-state index is 0.0127. The minimum atomic E-state index is -1.01. The second-order valence-electron chi connectivity index (χ2n) is 23.7. The first kappa shape index (κ1) is 62.7. The van der Waals surface area contributed by atoms with Crippen LogP contribution in [0.25, 0.3) is 0 Å². The van der Waals surface area contributed by atoms with E-state index in [0.29, 0.717) is 109 Å². The van der Waals surface area contributed by atoms with Crippen LogP contribution in [-0.4, -0.2) is 214 Å². The van der Waals surface area contributed by atoms with E-state index >= 15 is 0 Å². The van der Waals surface area contributed by atoms with Crippen LogP contribution < -0.4 is 10.6 Å². The third-order valence-electron chi connectivity index (χ3n) is 18.7. The average molecular weight is 1060 g/mol. The number of aliphatic carboxylic acids is 3. The Balaban J connectivity index is 0.933. The van der Waals surface area contributed by atoms with Gasteiger partial charge in [0.25, 0.3) is 0 Å². The van der Waals surface area contributed by atoms with E-state index in [4.69, 9.17) is 14.2 Å². The maximum absolute atomic E-state index is 13.6. The van der Waals surface area contributed by atoms with Crippen LogP contribution in [0.15, 0.2) is 0 Å². The first-order chi connectivity index (χ1) is 36.1. The molecule has 1 saturated heterocycles. The van der Waals surface area contributed by atoms with Crippen molar-refractivity contribution in [2.24, 2.45) is 46.3 Å². The van der Waals surface area contributed by atoms with Gasteiger partial charge in [0.2, 0.25) is 5.91 Å². The number of urea groups is 1. The molecule has 5 rings (SSSR count). The van der Waals surface area contributed by atoms with Gasteiger partial charge in [0.15, 0.2) is 0 Å². The largest absolute Gasteiger partial charge is 0.480 e. The highest BCUT2D eigenvalue weighted by molar-refractivity contribution is 5.78. The first-order valence-electron chi connectivity index (χ1n) is 29.7. The van der Waals surface area contributed by atoms with Crippen LogP contribution in [0.1, 0.15) is 143 Å². The number of carbonyl (C=O) groups excluding carboxylic acids is 2. The Bertz CT molecular complexity index is 1680. The molecule has 0 aromatic carbocycles. The lowest BCUT2D eigenvalue weighted by atomic mass is 9.44. The highest BCUT2D eigenvalue weighted by Gasteiger charge is 2.60. The number of hydrogen-bond acceptors (Lipinski definition) is 12. The van der Waals surface area contributed by atoms with Crippen molar-refractivity contribution in [3.8, 4) is 0 Å². The van der Waals surface area contributed by atoms with Crippen LogP contribution in [0.2, 0.25) is 0 Å². The summed E-state index contributed by atoms with van der Waals surface area (Å²) in [5.41, 5.74) is 1.07. The van der Waals surface area contributed by atoms with E-state index in [1.807, 2.05) is 4.90 Å². The van der Waals surface area contributed by atoms with Gasteiger partial charge in [-0.1, -0.05) is 72.6 Å². The Hall–Kier alpha value is -3.13. The summed E-state index contributed by atoms with van der Waals surface area (Å²) in [6, 6.07) is 0.0127. The Morgan fingerprint density at radius 2 is 1.07 bits per heavy atom. The molecule has 1 heterocycles. The SMILES string of the molecule is CCCCCCCCN(CCC[C@@H](C)C1CCC2C3CCC4CCCC[C@]4(C)C3CC[C@@]21C)C(=O)NCCOCCOCCOCCNC(=O)CN1CCN(CC(=O)O)CCN(CC(=O)O)CCN(CC(=O)O)CC1. The van der Waals surface area contributed by atoms with Crippen LogP contribution in [0.3, 0.4) is 0 Å². The molecule has 4 saturated carbocycles. The van der Waals surface area contributed by atoms with E-state index in [9.17, 15) is 39.3 Å². The summed E-state index contributed by atoms with van der Waals surface area (Å²) in [7, 11) is 0. The van der Waals surface area contributed by atoms with Crippen LogP contribution in [0.4, 0.5) is 4.79 Å². The fraction of sp³-hybridized carbons (Fsp3) is 0.912. The lowest BCUT2D eigenvalue weighted by Gasteiger charge is -2.61. The van der Waals surface area contributed by atoms with Gasteiger partial charge in [-0.05, 0) is 117 Å². The number of carboxylic acids is 3. The number of nitrogens with one attached hydrogen (secondary N) is 2. The van der Waals surface area contributed by atoms with Gasteiger partial charge in [0, 0.05) is 78.5 Å². The van der Waals surface area contributed by atoms with Gasteiger partial charge in [-0.2, -0.15) is 0 Å². The van der Waals surface area contributed by atoms with Crippen molar-refractivity contribution in [2.45, 2.75) is 143 Å². The van der Waals surface area contributed by atoms with Crippen LogP contribution in [0.5, 0.6) is 0 Å². The Morgan fingerprint density at radius 1 is 0.560 bits per heavy atom. The van der Waals surface area contributed by atoms with E-state index in [1.54, 1.807) is 14.7 Å². The fourth-order valence-corrected chi connectivity index (χ4v) is 14.7. The summed E-state index contributed by atoms with van der Waals surface area (Å²) in [5, 5.41) is 34.3. The molecule has 8 atom stereocenters. The predicted molar refractivity (Wildman–Crippen MR) is 291 cm³/mol. The molecule has 0 aromatic rings. The number of amides is 3. The highest BCUT2D eigenvalue weighted by atomic mass is 16.5. The summed E-state index contributed by atoms with van der Waals surface area (Å²) < 4.78 is 17.1. The van der Waals surface area contributed by atoms with Gasteiger partial charge in [0.05, 0.1) is 65.8 Å². The molecule has 4 aliphatic carbocycles. The van der Waals surface area contributed by atoms with Crippen molar-refractivity contribution >= 4 is 29.8 Å². The molecule has 432 valence electrons. The highest BCUT2D eigenvalue weighted by Crippen LogP contribution is 2.68. The van der Waals surface area contributed by atoms with Gasteiger partial charge in [-0.15, -0.1) is 0 Å². The third-order valence-corrected chi connectivity index (χ3v) is 18.7. The van der Waals surface area contributed by atoms with Gasteiger partial charge in [-0.3, -0.25) is 38.8 Å². The molecule has 18 heteroatoms. The smallest absolute Gasteiger partial charge is 0.317 e. The molecule has 1 aliphatic heterocycles. The summed E-state index contributed by atoms with van der Waals surface area (Å²) in [4.78, 5) is 70.2. The van der Waals surface area contributed by atoms with Gasteiger partial charge >= 0.3 is 23.9 Å². The number of carboxylic acid groups (broad SMARTS) is 3. The van der Waals surface area contributed by atoms with E-state index in [-0.39, 0.29) is 51.3 Å². The zero-order valence-corrected chi connectivity index (χ0v) is 47.1. The molecule has 0 radical (unpaired) electrons. The zero-order valence-electron chi connectivity index (χ0n) is 47.1. The van der Waals surface area contributed by atoms with Crippen molar-refractivity contribution in [1.29, 1.82) is 0 Å². The molecule has 3 amide bonds. The molecule has 5 aliphatic rings. The van der Waals surface area contributed by atoms with Gasteiger partial charge in [0.1, 0.15) is 0 Å². The first-order valence-corrected chi connectivity index (χ1v) is 29.7. The standard InChI is InChI=1S/C57H103N7O11/c1-5-6-7-8-9-12-25-64(26-13-14-45(2)48-18-19-49-47-17-16-46-15-10-11-21-56(46,3)50(47)20-22-57(48,49)4)55(72)59-24-36-74-38-40-75-39-37-73-35-23-58-51(65)41-60-27-29-61(42-52(66)67)31-33-63(44-54(70)71)34-32-62(30-28-60)43-53(68)69/h45-50H,5-44H2,1-4H3,(H,58,65)(H,59,72)(H,66,67)(H,68,69)(H,70,71)/t45-,46?,47?,48?,49?,50?,56+,57-/m1/s1. The maximum Gasteiger partial charge on any atom is 0.317 e. The molecule has 75 heavy (non-hydrogen) atoms. The van der Waals surface area contributed by atoms with Crippen molar-refractivity contribution in [2.75, 3.05) is 144 Å². The average Bonchev–Trinajstić information content (AvgIpc) is 3.73. The van der Waals surface area contributed by atoms with Crippen LogP contribution in [0, 0.1) is 46.3 Å². The van der Waals surface area contributed by atoms with Gasteiger partial charge in [-0.25, -0.2) is 4.79 Å². The van der Waals surface area contributed by atoms with E-state index in [0.717, 1.165) is 61.9 Å². The molecule has 0 bridgehead atoms. The molecule has 5 fully saturated rings. The van der Waals surface area contributed by atoms with Crippen molar-refractivity contribution in [3.63, 3.8) is 0 Å². The molecule has 0 aromatic heterocycles. The molecule has 0 spiro atoms. The molecular weight excluding hydrogens is 959 g/mol. The summed E-state index contributed by atoms with van der Waals surface area (Å²) in [6.07, 6.45) is 23.9. The number of nitrogens with zero attached hydrogens (tertiary/aromatic N) is 5. The minimum Gasteiger partial charge on any atom is -0.480 e. The number of fused-ring (bicyclic) bond motifs is 5. The number of carbonyl (C=O) groups is 5. The Kier molecular flexibility index (Phi) is 27.9. The van der Waals surface area contributed by atoms with E-state index in [2.05, 4.69) is 43.2 Å². The Morgan fingerprint density at radius 3 is 1.64 bits per heavy atom. The van der Waals surface area contributed by atoms with Crippen LogP contribution >= 0.6 is 0 Å². The summed E-state index contributed by atoms with van der Waals surface area (Å²) in [6.45, 7) is 16.7. The normalized spacial score (nSPS) is 27.7. The quantitative estimate of drug-likeness (QED) is 0.0457. The predicted octanol–water partition coefficient (Wildman–Crippen LogP) is 6.47. The number of unbranched alkanes of at least 4 members (excludes halogenated alkanes) is 5. The van der Waals surface area contributed by atoms with Crippen molar-refractivity contribution in [3.05, 3.63) is 0 Å². The zero-order chi connectivity index (χ0) is 54.1. The second-order valence-corrected chi connectivity index (χ2v) is 23.7. The monoisotopic (exact) mass is 1060 g/mol. The summed E-state index contributed by atoms with van der Waals surface area (Å²) >= 11 is 0. The third kappa shape index (κ3) is 20.9. The van der Waals surface area contributed by atoms with E-state index in [1.165, 1.54) is 96.3 Å². The number of hydrogen-bond donors (Lipinski definition) is 5. The Labute approximate surface area is 451 Å². The van der Waals surface area contributed by atoms with E-state index < -0.39 is 17.9 Å². The molecular formula is C57H103N7O11.